The van der Waals surface area contributed by atoms with Crippen molar-refractivity contribution >= 4 is 19.9 Å². The first-order valence-electron chi connectivity index (χ1n) is 8.93. The van der Waals surface area contributed by atoms with E-state index in [1.165, 1.54) is 24.3 Å². The third-order valence-corrected chi connectivity index (χ3v) is 9.04. The van der Waals surface area contributed by atoms with Crippen molar-refractivity contribution < 1.29 is 30.0 Å². The minimum atomic E-state index is -4.55. The lowest BCUT2D eigenvalue weighted by atomic mass is 10.1. The van der Waals surface area contributed by atoms with Gasteiger partial charge in [-0.25, -0.2) is 21.1 Å². The van der Waals surface area contributed by atoms with Gasteiger partial charge in [-0.05, 0) is 36.6 Å². The highest BCUT2D eigenvalue weighted by molar-refractivity contribution is 7.92. The molecule has 29 heavy (non-hydrogen) atoms. The number of halogens is 3. The van der Waals surface area contributed by atoms with Crippen LogP contribution in [0.5, 0.6) is 0 Å². The molecule has 2 aromatic rings. The average molecular weight is 448 g/mol. The van der Waals surface area contributed by atoms with Crippen LogP contribution in [0, 0.1) is 0 Å². The van der Waals surface area contributed by atoms with Crippen molar-refractivity contribution in [3.8, 4) is 0 Å². The van der Waals surface area contributed by atoms with Crippen molar-refractivity contribution in [3.63, 3.8) is 0 Å². The monoisotopic (exact) mass is 447 g/mol. The van der Waals surface area contributed by atoms with E-state index in [-0.39, 0.29) is 36.4 Å². The lowest BCUT2D eigenvalue weighted by Crippen LogP contribution is -2.42. The fourth-order valence-electron chi connectivity index (χ4n) is 3.36. The highest BCUT2D eigenvalue weighted by Crippen LogP contribution is 2.31. The number of hydrogen-bond donors (Lipinski definition) is 0. The highest BCUT2D eigenvalue weighted by Gasteiger charge is 2.35. The van der Waals surface area contributed by atoms with E-state index >= 15 is 0 Å². The Morgan fingerprint density at radius 1 is 0.897 bits per heavy atom. The average Bonchev–Trinajstić information content (AvgIpc) is 2.68. The van der Waals surface area contributed by atoms with Gasteiger partial charge in [-0.2, -0.15) is 13.2 Å². The maximum absolute atomic E-state index is 12.8. The Labute approximate surface area is 168 Å². The van der Waals surface area contributed by atoms with Crippen molar-refractivity contribution in [2.75, 3.05) is 13.1 Å². The molecule has 1 fully saturated rings. The fraction of sp³-hybridized carbons (Fsp3) is 0.368. The second kappa shape index (κ2) is 8.08. The summed E-state index contributed by atoms with van der Waals surface area (Å²) < 4.78 is 90.3. The van der Waals surface area contributed by atoms with Gasteiger partial charge in [0.25, 0.3) is 0 Å². The molecule has 1 saturated heterocycles. The summed E-state index contributed by atoms with van der Waals surface area (Å²) in [6.45, 7) is 0.0239. The number of rotatable bonds is 5. The number of sulfone groups is 1. The molecule has 0 aliphatic carbocycles. The molecule has 0 atom stereocenters. The van der Waals surface area contributed by atoms with E-state index in [4.69, 9.17) is 0 Å². The molecule has 0 N–H and O–H groups in total. The summed E-state index contributed by atoms with van der Waals surface area (Å²) >= 11 is 0. The van der Waals surface area contributed by atoms with Gasteiger partial charge in [-0.1, -0.05) is 36.4 Å². The van der Waals surface area contributed by atoms with Crippen molar-refractivity contribution in [2.45, 2.75) is 34.9 Å². The van der Waals surface area contributed by atoms with Crippen LogP contribution < -0.4 is 0 Å². The second-order valence-corrected chi connectivity index (χ2v) is 11.1. The van der Waals surface area contributed by atoms with Gasteiger partial charge in [-0.15, -0.1) is 0 Å². The quantitative estimate of drug-likeness (QED) is 0.704. The molecule has 0 aromatic heterocycles. The molecule has 0 saturated carbocycles. The predicted octanol–water partition coefficient (Wildman–Crippen LogP) is 3.47. The lowest BCUT2D eigenvalue weighted by molar-refractivity contribution is -0.137. The molecule has 3 rings (SSSR count). The standard InChI is InChI=1S/C19H20F3NO4S2/c20-19(21,22)16-6-4-5-15(13-16)14-28(24,25)23-11-9-18(10-12-23)29(26,27)17-7-2-1-3-8-17/h1-8,13,18H,9-12,14H2. The molecular formula is C19H20F3NO4S2. The minimum absolute atomic E-state index is 0.0119. The van der Waals surface area contributed by atoms with Crippen LogP contribution in [0.3, 0.4) is 0 Å². The number of nitrogens with zero attached hydrogens (tertiary/aromatic N) is 1. The smallest absolute Gasteiger partial charge is 0.223 e. The molecule has 2 aromatic carbocycles. The van der Waals surface area contributed by atoms with Crippen LogP contribution in [0.1, 0.15) is 24.0 Å². The van der Waals surface area contributed by atoms with E-state index in [2.05, 4.69) is 0 Å². The van der Waals surface area contributed by atoms with Crippen LogP contribution in [0.25, 0.3) is 0 Å². The summed E-state index contributed by atoms with van der Waals surface area (Å²) in [6, 6.07) is 12.2. The summed E-state index contributed by atoms with van der Waals surface area (Å²) in [5, 5.41) is -0.690. The van der Waals surface area contributed by atoms with Crippen molar-refractivity contribution in [2.24, 2.45) is 0 Å². The molecule has 0 bridgehead atoms. The second-order valence-electron chi connectivity index (χ2n) is 6.91. The van der Waals surface area contributed by atoms with Crippen molar-refractivity contribution in [1.82, 2.24) is 4.31 Å². The van der Waals surface area contributed by atoms with E-state index in [0.717, 1.165) is 16.4 Å². The van der Waals surface area contributed by atoms with Gasteiger partial charge >= 0.3 is 6.18 Å². The van der Waals surface area contributed by atoms with Gasteiger partial charge in [0.1, 0.15) is 0 Å². The van der Waals surface area contributed by atoms with Gasteiger partial charge in [0, 0.05) is 13.1 Å². The molecule has 0 amide bonds. The molecular weight excluding hydrogens is 427 g/mol. The Bertz CT molecular complexity index is 1060. The Morgan fingerprint density at radius 3 is 2.10 bits per heavy atom. The molecule has 158 valence electrons. The number of hydrogen-bond acceptors (Lipinski definition) is 4. The SMILES string of the molecule is O=S(=O)(c1ccccc1)C1CCN(S(=O)(=O)Cc2cccc(C(F)(F)F)c2)CC1. The molecule has 1 aliphatic rings. The van der Waals surface area contributed by atoms with E-state index in [9.17, 15) is 30.0 Å². The van der Waals surface area contributed by atoms with Crippen LogP contribution >= 0.6 is 0 Å². The number of alkyl halides is 3. The molecule has 0 radical (unpaired) electrons. The van der Waals surface area contributed by atoms with Crippen LogP contribution in [0.15, 0.2) is 59.5 Å². The molecule has 0 spiro atoms. The van der Waals surface area contributed by atoms with Crippen LogP contribution in [-0.2, 0) is 31.8 Å². The summed E-state index contributed by atoms with van der Waals surface area (Å²) in [7, 11) is -7.42. The largest absolute Gasteiger partial charge is 0.416 e. The van der Waals surface area contributed by atoms with Crippen LogP contribution in [0.4, 0.5) is 13.2 Å². The first kappa shape index (κ1) is 21.8. The molecule has 1 heterocycles. The van der Waals surface area contributed by atoms with Crippen molar-refractivity contribution in [1.29, 1.82) is 0 Å². The third-order valence-electron chi connectivity index (χ3n) is 4.91. The van der Waals surface area contributed by atoms with Crippen LogP contribution in [0.2, 0.25) is 0 Å². The Kier molecular flexibility index (Phi) is 6.07. The van der Waals surface area contributed by atoms with Gasteiger partial charge in [-0.3, -0.25) is 0 Å². The number of piperidine rings is 1. The van der Waals surface area contributed by atoms with Gasteiger partial charge in [0.15, 0.2) is 9.84 Å². The number of sulfonamides is 1. The van der Waals surface area contributed by atoms with Gasteiger partial charge in [0.2, 0.25) is 10.0 Å². The fourth-order valence-corrected chi connectivity index (χ4v) is 6.67. The Balaban J connectivity index is 1.69. The predicted molar refractivity (Wildman–Crippen MR) is 102 cm³/mol. The van der Waals surface area contributed by atoms with Crippen molar-refractivity contribution in [3.05, 3.63) is 65.7 Å². The first-order chi connectivity index (χ1) is 13.5. The molecule has 5 nitrogen and oxygen atoms in total. The molecule has 10 heteroatoms. The van der Waals surface area contributed by atoms with Gasteiger partial charge < -0.3 is 0 Å². The van der Waals surface area contributed by atoms with E-state index in [1.807, 2.05) is 0 Å². The minimum Gasteiger partial charge on any atom is -0.223 e. The summed E-state index contributed by atoms with van der Waals surface area (Å²) in [5.74, 6) is -0.562. The number of benzene rings is 2. The van der Waals surface area contributed by atoms with Gasteiger partial charge in [0.05, 0.1) is 21.5 Å². The zero-order valence-electron chi connectivity index (χ0n) is 15.3. The first-order valence-corrected chi connectivity index (χ1v) is 12.1. The summed E-state index contributed by atoms with van der Waals surface area (Å²) in [6.07, 6.45) is -4.28. The van der Waals surface area contributed by atoms with E-state index < -0.39 is 42.6 Å². The topological polar surface area (TPSA) is 71.5 Å². The summed E-state index contributed by atoms with van der Waals surface area (Å²) in [4.78, 5) is 0.199. The zero-order chi connectivity index (χ0) is 21.3. The summed E-state index contributed by atoms with van der Waals surface area (Å²) in [5.41, 5.74) is -0.864. The Hall–Kier alpha value is -1.91. The normalized spacial score (nSPS) is 17.3. The lowest BCUT2D eigenvalue weighted by Gasteiger charge is -2.31. The maximum atomic E-state index is 12.8. The Morgan fingerprint density at radius 2 is 1.52 bits per heavy atom. The zero-order valence-corrected chi connectivity index (χ0v) is 17.0. The molecule has 0 unspecified atom stereocenters. The highest BCUT2D eigenvalue weighted by atomic mass is 32.2. The third kappa shape index (κ3) is 4.99. The maximum Gasteiger partial charge on any atom is 0.416 e. The van der Waals surface area contributed by atoms with E-state index in [0.29, 0.717) is 0 Å². The van der Waals surface area contributed by atoms with Crippen LogP contribution in [-0.4, -0.2) is 39.5 Å². The molecule has 1 aliphatic heterocycles. The van der Waals surface area contributed by atoms with E-state index in [1.54, 1.807) is 18.2 Å².